The fourth-order valence-electron chi connectivity index (χ4n) is 1.43. The van der Waals surface area contributed by atoms with Gasteiger partial charge in [0.1, 0.15) is 0 Å². The molecule has 1 rings (SSSR count). The van der Waals surface area contributed by atoms with Gasteiger partial charge in [-0.05, 0) is 25.8 Å². The van der Waals surface area contributed by atoms with E-state index in [1.165, 1.54) is 12.8 Å². The van der Waals surface area contributed by atoms with Gasteiger partial charge in [0.2, 0.25) is 5.91 Å². The van der Waals surface area contributed by atoms with Crippen LogP contribution in [-0.4, -0.2) is 25.5 Å². The van der Waals surface area contributed by atoms with E-state index in [-0.39, 0.29) is 5.91 Å². The first kappa shape index (κ1) is 8.53. The Morgan fingerprint density at radius 1 is 1.55 bits per heavy atom. The minimum Gasteiger partial charge on any atom is -0.356 e. The van der Waals surface area contributed by atoms with Gasteiger partial charge in [0.05, 0.1) is 0 Å². The molecule has 1 aliphatic carbocycles. The summed E-state index contributed by atoms with van der Waals surface area (Å²) in [5, 5.41) is 6.03. The maximum atomic E-state index is 10.5. The molecule has 1 fully saturated rings. The zero-order chi connectivity index (χ0) is 8.27. The van der Waals surface area contributed by atoms with Crippen molar-refractivity contribution in [2.24, 2.45) is 5.92 Å². The molecule has 0 unspecified atom stereocenters. The molecule has 0 aromatic heterocycles. The molecule has 0 aromatic carbocycles. The van der Waals surface area contributed by atoms with Crippen molar-refractivity contribution in [2.75, 3.05) is 13.6 Å². The smallest absolute Gasteiger partial charge is 0.216 e. The maximum Gasteiger partial charge on any atom is 0.216 e. The van der Waals surface area contributed by atoms with Gasteiger partial charge < -0.3 is 10.6 Å². The lowest BCUT2D eigenvalue weighted by molar-refractivity contribution is -0.119. The number of amides is 1. The van der Waals surface area contributed by atoms with Crippen molar-refractivity contribution in [3.05, 3.63) is 0 Å². The second-order valence-corrected chi connectivity index (χ2v) is 3.26. The van der Waals surface area contributed by atoms with E-state index in [9.17, 15) is 4.79 Å². The minimum absolute atomic E-state index is 0.0814. The quantitative estimate of drug-likeness (QED) is 0.609. The molecule has 0 spiro atoms. The highest BCUT2D eigenvalue weighted by atomic mass is 16.1. The summed E-state index contributed by atoms with van der Waals surface area (Å²) in [5.41, 5.74) is 0. The van der Waals surface area contributed by atoms with Gasteiger partial charge in [0.15, 0.2) is 0 Å². The Balaban J connectivity index is 2.00. The van der Waals surface area contributed by atoms with Crippen LogP contribution in [0.3, 0.4) is 0 Å². The first-order chi connectivity index (χ1) is 5.22. The first-order valence-electron chi connectivity index (χ1n) is 4.14. The molecule has 1 amide bonds. The van der Waals surface area contributed by atoms with Crippen LogP contribution in [0.5, 0.6) is 0 Å². The van der Waals surface area contributed by atoms with Gasteiger partial charge in [-0.1, -0.05) is 0 Å². The van der Waals surface area contributed by atoms with Crippen molar-refractivity contribution in [3.63, 3.8) is 0 Å². The Morgan fingerprint density at radius 3 is 2.64 bits per heavy atom. The van der Waals surface area contributed by atoms with Crippen LogP contribution in [0.25, 0.3) is 0 Å². The second-order valence-electron chi connectivity index (χ2n) is 3.26. The lowest BCUT2D eigenvalue weighted by atomic mass is 9.80. The van der Waals surface area contributed by atoms with Gasteiger partial charge in [-0.3, -0.25) is 4.79 Å². The summed E-state index contributed by atoms with van der Waals surface area (Å²) in [6, 6.07) is 0.689. The first-order valence-corrected chi connectivity index (χ1v) is 4.14. The summed E-state index contributed by atoms with van der Waals surface area (Å²) in [7, 11) is 1.99. The fourth-order valence-corrected chi connectivity index (χ4v) is 1.43. The Labute approximate surface area is 67.5 Å². The molecule has 0 aromatic rings. The number of carbonyl (C=O) groups is 1. The molecule has 1 aliphatic rings. The molecule has 0 radical (unpaired) electrons. The molecule has 0 bridgehead atoms. The van der Waals surface area contributed by atoms with Gasteiger partial charge in [0, 0.05) is 19.5 Å². The van der Waals surface area contributed by atoms with Crippen LogP contribution < -0.4 is 10.6 Å². The fraction of sp³-hybridized carbons (Fsp3) is 0.875. The van der Waals surface area contributed by atoms with E-state index in [4.69, 9.17) is 0 Å². The molecule has 0 atom stereocenters. The zero-order valence-corrected chi connectivity index (χ0v) is 7.18. The van der Waals surface area contributed by atoms with E-state index in [0.29, 0.717) is 12.0 Å². The lowest BCUT2D eigenvalue weighted by Crippen LogP contribution is -2.43. The third-order valence-corrected chi connectivity index (χ3v) is 2.28. The highest BCUT2D eigenvalue weighted by Gasteiger charge is 2.27. The Bertz CT molecular complexity index is 141. The van der Waals surface area contributed by atoms with Crippen LogP contribution >= 0.6 is 0 Å². The normalized spacial score (nSPS) is 29.3. The number of hydrogen-bond acceptors (Lipinski definition) is 2. The predicted molar refractivity (Wildman–Crippen MR) is 44.3 cm³/mol. The van der Waals surface area contributed by atoms with Gasteiger partial charge in [-0.25, -0.2) is 0 Å². The molecule has 0 saturated heterocycles. The van der Waals surface area contributed by atoms with Crippen molar-refractivity contribution < 1.29 is 4.79 Å². The van der Waals surface area contributed by atoms with Gasteiger partial charge in [-0.2, -0.15) is 0 Å². The van der Waals surface area contributed by atoms with Crippen molar-refractivity contribution >= 4 is 5.91 Å². The molecule has 0 aliphatic heterocycles. The Kier molecular flexibility index (Phi) is 2.88. The van der Waals surface area contributed by atoms with E-state index >= 15 is 0 Å². The summed E-state index contributed by atoms with van der Waals surface area (Å²) in [4.78, 5) is 10.5. The number of carbonyl (C=O) groups excluding carboxylic acids is 1. The van der Waals surface area contributed by atoms with Crippen LogP contribution in [0.1, 0.15) is 19.8 Å². The number of rotatable bonds is 3. The minimum atomic E-state index is 0.0814. The van der Waals surface area contributed by atoms with Gasteiger partial charge in [-0.15, -0.1) is 0 Å². The van der Waals surface area contributed by atoms with E-state index < -0.39 is 0 Å². The summed E-state index contributed by atoms with van der Waals surface area (Å²) in [6.45, 7) is 2.42. The summed E-state index contributed by atoms with van der Waals surface area (Å²) in [6.07, 6.45) is 2.41. The van der Waals surface area contributed by atoms with E-state index in [1.807, 2.05) is 7.05 Å². The molecule has 11 heavy (non-hydrogen) atoms. The van der Waals surface area contributed by atoms with Crippen LogP contribution in [-0.2, 0) is 4.79 Å². The monoisotopic (exact) mass is 156 g/mol. The summed E-state index contributed by atoms with van der Waals surface area (Å²) < 4.78 is 0. The predicted octanol–water partition coefficient (Wildman–Crippen LogP) is 0.120. The average molecular weight is 156 g/mol. The van der Waals surface area contributed by atoms with Crippen LogP contribution in [0, 0.1) is 5.92 Å². The molecule has 2 N–H and O–H groups in total. The maximum absolute atomic E-state index is 10.5. The van der Waals surface area contributed by atoms with Gasteiger partial charge >= 0.3 is 0 Å². The van der Waals surface area contributed by atoms with Crippen LogP contribution in [0.15, 0.2) is 0 Å². The zero-order valence-electron chi connectivity index (χ0n) is 7.18. The second kappa shape index (κ2) is 3.72. The van der Waals surface area contributed by atoms with Crippen molar-refractivity contribution in [1.82, 2.24) is 10.6 Å². The van der Waals surface area contributed by atoms with Crippen LogP contribution in [0.2, 0.25) is 0 Å². The Morgan fingerprint density at radius 2 is 2.18 bits per heavy atom. The van der Waals surface area contributed by atoms with Crippen molar-refractivity contribution in [3.8, 4) is 0 Å². The van der Waals surface area contributed by atoms with Crippen LogP contribution in [0.4, 0.5) is 0 Å². The summed E-state index contributed by atoms with van der Waals surface area (Å²) >= 11 is 0. The van der Waals surface area contributed by atoms with Gasteiger partial charge in [0.25, 0.3) is 0 Å². The third kappa shape index (κ3) is 2.50. The molecule has 0 heterocycles. The highest BCUT2D eigenvalue weighted by molar-refractivity contribution is 5.72. The SMILES string of the molecule is CN[C@H]1C[C@H](CNC(C)=O)C1. The van der Waals surface area contributed by atoms with E-state index in [0.717, 1.165) is 6.54 Å². The standard InChI is InChI=1S/C8H16N2O/c1-6(11)10-5-7-3-8(4-7)9-2/h7-9H,3-5H2,1-2H3,(H,10,11)/t7-,8-. The molecular formula is C8H16N2O. The topological polar surface area (TPSA) is 41.1 Å². The molecule has 64 valence electrons. The van der Waals surface area contributed by atoms with Crippen molar-refractivity contribution in [2.45, 2.75) is 25.8 Å². The highest BCUT2D eigenvalue weighted by Crippen LogP contribution is 2.25. The molecule has 3 nitrogen and oxygen atoms in total. The largest absolute Gasteiger partial charge is 0.356 e. The molecule has 1 saturated carbocycles. The third-order valence-electron chi connectivity index (χ3n) is 2.28. The summed E-state index contributed by atoms with van der Waals surface area (Å²) in [5.74, 6) is 0.786. The Hall–Kier alpha value is -0.570. The number of nitrogens with one attached hydrogen (secondary N) is 2. The van der Waals surface area contributed by atoms with E-state index in [1.54, 1.807) is 6.92 Å². The number of hydrogen-bond donors (Lipinski definition) is 2. The lowest BCUT2D eigenvalue weighted by Gasteiger charge is -2.34. The van der Waals surface area contributed by atoms with E-state index in [2.05, 4.69) is 10.6 Å². The molecule has 3 heteroatoms. The van der Waals surface area contributed by atoms with Crippen molar-refractivity contribution in [1.29, 1.82) is 0 Å². The molecular weight excluding hydrogens is 140 g/mol. The average Bonchev–Trinajstić information content (AvgIpc) is 1.84.